The van der Waals surface area contributed by atoms with Crippen LogP contribution in [0.2, 0.25) is 0 Å². The summed E-state index contributed by atoms with van der Waals surface area (Å²) in [7, 11) is 0. The van der Waals surface area contributed by atoms with Crippen molar-refractivity contribution in [2.75, 3.05) is 26.2 Å². The lowest BCUT2D eigenvalue weighted by molar-refractivity contribution is -0.137. The Balaban J connectivity index is 1.66. The van der Waals surface area contributed by atoms with Crippen LogP contribution in [0.25, 0.3) is 0 Å². The van der Waals surface area contributed by atoms with Gasteiger partial charge in [-0.2, -0.15) is 0 Å². The number of carbonyl (C=O) groups is 2. The number of nitrogens with zero attached hydrogens (tertiary/aromatic N) is 3. The summed E-state index contributed by atoms with van der Waals surface area (Å²) in [4.78, 5) is 30.8. The van der Waals surface area contributed by atoms with Gasteiger partial charge in [-0.05, 0) is 32.1 Å². The standard InChI is InChI=1S/C16H24N4O3/c21-9-6-17-15(22)14-13-5-4-12(10-20(13)11-18-14)16(23)19-7-2-1-3-8-19/h11-12,21H,1-10H2,(H,17,22). The third kappa shape index (κ3) is 3.39. The van der Waals surface area contributed by atoms with Crippen molar-refractivity contribution in [1.29, 1.82) is 0 Å². The van der Waals surface area contributed by atoms with Gasteiger partial charge in [-0.15, -0.1) is 0 Å². The van der Waals surface area contributed by atoms with Crippen LogP contribution in [0.4, 0.5) is 0 Å². The van der Waals surface area contributed by atoms with Crippen LogP contribution in [0.1, 0.15) is 41.9 Å². The molecule has 2 aliphatic heterocycles. The SMILES string of the molecule is O=C(NCCO)c1ncn2c1CCC(C(=O)N1CCCCC1)C2. The van der Waals surface area contributed by atoms with E-state index in [-0.39, 0.29) is 30.9 Å². The molecule has 0 spiro atoms. The van der Waals surface area contributed by atoms with Crippen LogP contribution in [0.15, 0.2) is 6.33 Å². The molecule has 0 aromatic carbocycles. The van der Waals surface area contributed by atoms with Gasteiger partial charge >= 0.3 is 0 Å². The maximum Gasteiger partial charge on any atom is 0.271 e. The zero-order valence-electron chi connectivity index (χ0n) is 13.3. The van der Waals surface area contributed by atoms with E-state index in [1.165, 1.54) is 6.42 Å². The first-order valence-electron chi connectivity index (χ1n) is 8.42. The van der Waals surface area contributed by atoms with Crippen molar-refractivity contribution in [2.45, 2.75) is 38.6 Å². The highest BCUT2D eigenvalue weighted by Crippen LogP contribution is 2.25. The number of hydrogen-bond acceptors (Lipinski definition) is 4. The van der Waals surface area contributed by atoms with Crippen molar-refractivity contribution in [1.82, 2.24) is 19.8 Å². The Kier molecular flexibility index (Phi) is 4.95. The highest BCUT2D eigenvalue weighted by molar-refractivity contribution is 5.93. The van der Waals surface area contributed by atoms with Gasteiger partial charge in [0, 0.05) is 26.2 Å². The average Bonchev–Trinajstić information content (AvgIpc) is 3.03. The first kappa shape index (κ1) is 16.0. The Labute approximate surface area is 135 Å². The third-order valence-electron chi connectivity index (χ3n) is 4.72. The first-order chi connectivity index (χ1) is 11.2. The van der Waals surface area contributed by atoms with Crippen LogP contribution < -0.4 is 5.32 Å². The topological polar surface area (TPSA) is 87.5 Å². The number of nitrogens with one attached hydrogen (secondary N) is 1. The minimum absolute atomic E-state index is 0.0110. The molecule has 2 aliphatic rings. The number of piperidine rings is 1. The van der Waals surface area contributed by atoms with Gasteiger partial charge in [0.1, 0.15) is 5.69 Å². The summed E-state index contributed by atoms with van der Waals surface area (Å²) < 4.78 is 1.93. The van der Waals surface area contributed by atoms with Gasteiger partial charge in [0.2, 0.25) is 5.91 Å². The molecule has 3 heterocycles. The van der Waals surface area contributed by atoms with Crippen LogP contribution >= 0.6 is 0 Å². The third-order valence-corrected chi connectivity index (χ3v) is 4.72. The second kappa shape index (κ2) is 7.12. The van der Waals surface area contributed by atoms with Crippen molar-refractivity contribution < 1.29 is 14.7 Å². The number of amides is 2. The monoisotopic (exact) mass is 320 g/mol. The van der Waals surface area contributed by atoms with Crippen molar-refractivity contribution in [3.8, 4) is 0 Å². The molecule has 0 bridgehead atoms. The molecule has 2 amide bonds. The van der Waals surface area contributed by atoms with Crippen molar-refractivity contribution >= 4 is 11.8 Å². The van der Waals surface area contributed by atoms with Gasteiger partial charge < -0.3 is 19.9 Å². The summed E-state index contributed by atoms with van der Waals surface area (Å²) in [5, 5.41) is 11.4. The van der Waals surface area contributed by atoms with E-state index in [0.717, 1.165) is 38.0 Å². The first-order valence-corrected chi connectivity index (χ1v) is 8.42. The highest BCUT2D eigenvalue weighted by Gasteiger charge is 2.31. The minimum atomic E-state index is -0.256. The van der Waals surface area contributed by atoms with Crippen LogP contribution in [0, 0.1) is 5.92 Å². The molecule has 1 atom stereocenters. The predicted octanol–water partition coefficient (Wildman–Crippen LogP) is 0.180. The van der Waals surface area contributed by atoms with Crippen LogP contribution in [0.5, 0.6) is 0 Å². The Bertz CT molecular complexity index is 578. The van der Waals surface area contributed by atoms with Crippen molar-refractivity contribution in [2.24, 2.45) is 5.92 Å². The van der Waals surface area contributed by atoms with Crippen molar-refractivity contribution in [3.05, 3.63) is 17.7 Å². The van der Waals surface area contributed by atoms with Crippen molar-refractivity contribution in [3.63, 3.8) is 0 Å². The van der Waals surface area contributed by atoms with E-state index >= 15 is 0 Å². The molecule has 1 aromatic rings. The molecule has 1 unspecified atom stereocenters. The number of rotatable bonds is 4. The van der Waals surface area contributed by atoms with E-state index in [0.29, 0.717) is 18.7 Å². The molecule has 1 aromatic heterocycles. The predicted molar refractivity (Wildman–Crippen MR) is 83.9 cm³/mol. The largest absolute Gasteiger partial charge is 0.395 e. The number of fused-ring (bicyclic) bond motifs is 1. The van der Waals surface area contributed by atoms with E-state index < -0.39 is 0 Å². The van der Waals surface area contributed by atoms with Crippen LogP contribution in [-0.4, -0.2) is 57.6 Å². The average molecular weight is 320 g/mol. The molecule has 7 nitrogen and oxygen atoms in total. The fourth-order valence-electron chi connectivity index (χ4n) is 3.48. The highest BCUT2D eigenvalue weighted by atomic mass is 16.3. The molecule has 7 heteroatoms. The molecule has 0 saturated carbocycles. The second-order valence-corrected chi connectivity index (χ2v) is 6.29. The number of carbonyl (C=O) groups excluding carboxylic acids is 2. The zero-order valence-corrected chi connectivity index (χ0v) is 13.3. The summed E-state index contributed by atoms with van der Waals surface area (Å²) in [6, 6.07) is 0. The smallest absolute Gasteiger partial charge is 0.271 e. The minimum Gasteiger partial charge on any atom is -0.395 e. The van der Waals surface area contributed by atoms with Gasteiger partial charge in [0.15, 0.2) is 0 Å². The number of aliphatic hydroxyl groups excluding tert-OH is 1. The number of aliphatic hydroxyl groups is 1. The zero-order chi connectivity index (χ0) is 16.2. The molecular formula is C16H24N4O3. The molecule has 2 N–H and O–H groups in total. The molecule has 0 aliphatic carbocycles. The number of imidazole rings is 1. The van der Waals surface area contributed by atoms with Gasteiger partial charge in [-0.1, -0.05) is 0 Å². The Morgan fingerprint density at radius 2 is 2.09 bits per heavy atom. The summed E-state index contributed by atoms with van der Waals surface area (Å²) in [5.41, 5.74) is 1.31. The quantitative estimate of drug-likeness (QED) is 0.828. The lowest BCUT2D eigenvalue weighted by Gasteiger charge is -2.32. The number of aromatic nitrogens is 2. The molecule has 3 rings (SSSR count). The lowest BCUT2D eigenvalue weighted by Crippen LogP contribution is -2.42. The Hall–Kier alpha value is -1.89. The number of hydrogen-bond donors (Lipinski definition) is 2. The van der Waals surface area contributed by atoms with E-state index in [1.54, 1.807) is 6.33 Å². The van der Waals surface area contributed by atoms with E-state index in [4.69, 9.17) is 5.11 Å². The van der Waals surface area contributed by atoms with Gasteiger partial charge in [-0.3, -0.25) is 9.59 Å². The molecular weight excluding hydrogens is 296 g/mol. The molecule has 23 heavy (non-hydrogen) atoms. The summed E-state index contributed by atoms with van der Waals surface area (Å²) in [6.07, 6.45) is 6.52. The molecule has 1 saturated heterocycles. The van der Waals surface area contributed by atoms with Crippen LogP contribution in [-0.2, 0) is 17.8 Å². The maximum absolute atomic E-state index is 12.6. The van der Waals surface area contributed by atoms with Gasteiger partial charge in [0.25, 0.3) is 5.91 Å². The van der Waals surface area contributed by atoms with Gasteiger partial charge in [0.05, 0.1) is 24.5 Å². The van der Waals surface area contributed by atoms with E-state index in [9.17, 15) is 9.59 Å². The second-order valence-electron chi connectivity index (χ2n) is 6.29. The summed E-state index contributed by atoms with van der Waals surface area (Å²) >= 11 is 0. The van der Waals surface area contributed by atoms with Crippen LogP contribution in [0.3, 0.4) is 0 Å². The molecule has 126 valence electrons. The Morgan fingerprint density at radius 1 is 1.30 bits per heavy atom. The summed E-state index contributed by atoms with van der Waals surface area (Å²) in [6.45, 7) is 2.49. The normalized spacial score (nSPS) is 20.9. The fraction of sp³-hybridized carbons (Fsp3) is 0.688. The fourth-order valence-corrected chi connectivity index (χ4v) is 3.48. The lowest BCUT2D eigenvalue weighted by atomic mass is 9.94. The molecule has 0 radical (unpaired) electrons. The van der Waals surface area contributed by atoms with E-state index in [2.05, 4.69) is 10.3 Å². The number of likely N-dealkylation sites (tertiary alicyclic amines) is 1. The summed E-state index contributed by atoms with van der Waals surface area (Å²) in [5.74, 6) is -0.0212. The molecule has 1 fully saturated rings. The maximum atomic E-state index is 12.6. The van der Waals surface area contributed by atoms with Gasteiger partial charge in [-0.25, -0.2) is 4.98 Å². The van der Waals surface area contributed by atoms with E-state index in [1.807, 2.05) is 9.47 Å². The Morgan fingerprint density at radius 3 is 2.83 bits per heavy atom.